The van der Waals surface area contributed by atoms with E-state index in [4.69, 9.17) is 16.7 Å². The first-order valence-corrected chi connectivity index (χ1v) is 17.0. The van der Waals surface area contributed by atoms with Crippen LogP contribution in [0.4, 0.5) is 0 Å². The lowest BCUT2D eigenvalue weighted by Crippen LogP contribution is -2.09. The monoisotopic (exact) mass is 628 g/mol. The molecule has 0 radical (unpaired) electrons. The second-order valence-electron chi connectivity index (χ2n) is 10.1. The highest BCUT2D eigenvalue weighted by Gasteiger charge is 2.17. The Kier molecular flexibility index (Phi) is 12.7. The SMILES string of the molecule is CCCCc1nc(Cl)c(CO)n1Cc1ccc(-c2ccccc2-c2nn[nH]n2)cc1.O=C(O)CCCCC1CCSS1. The summed E-state index contributed by atoms with van der Waals surface area (Å²) in [7, 11) is 3.92. The molecule has 0 saturated carbocycles. The number of aryl methyl sites for hydroxylation is 1. The third kappa shape index (κ3) is 9.07. The first-order chi connectivity index (χ1) is 20.5. The van der Waals surface area contributed by atoms with E-state index in [0.29, 0.717) is 29.6 Å². The van der Waals surface area contributed by atoms with E-state index in [1.54, 1.807) is 0 Å². The Balaban J connectivity index is 0.000000283. The summed E-state index contributed by atoms with van der Waals surface area (Å²) in [6, 6.07) is 16.3. The van der Waals surface area contributed by atoms with Crippen LogP contribution in [0.25, 0.3) is 22.5 Å². The second kappa shape index (κ2) is 16.7. The zero-order valence-electron chi connectivity index (χ0n) is 23.7. The maximum Gasteiger partial charge on any atom is 0.303 e. The van der Waals surface area contributed by atoms with Gasteiger partial charge in [0.25, 0.3) is 0 Å². The number of rotatable bonds is 13. The topological polar surface area (TPSA) is 130 Å². The zero-order valence-corrected chi connectivity index (χ0v) is 26.1. The van der Waals surface area contributed by atoms with Crippen LogP contribution in [0.3, 0.4) is 0 Å². The largest absolute Gasteiger partial charge is 0.481 e. The van der Waals surface area contributed by atoms with Gasteiger partial charge in [0.15, 0.2) is 5.15 Å². The molecule has 2 aromatic heterocycles. The van der Waals surface area contributed by atoms with Crippen LogP contribution in [-0.2, 0) is 24.4 Å². The molecule has 1 aliphatic heterocycles. The highest BCUT2D eigenvalue weighted by Crippen LogP contribution is 2.40. The third-order valence-electron chi connectivity index (χ3n) is 7.02. The lowest BCUT2D eigenvalue weighted by atomic mass is 9.98. The first-order valence-electron chi connectivity index (χ1n) is 14.3. The van der Waals surface area contributed by atoms with Crippen molar-refractivity contribution in [3.63, 3.8) is 0 Å². The van der Waals surface area contributed by atoms with E-state index in [1.807, 2.05) is 50.4 Å². The van der Waals surface area contributed by atoms with Crippen molar-refractivity contribution in [2.45, 2.75) is 76.7 Å². The highest BCUT2D eigenvalue weighted by atomic mass is 35.5. The molecule has 42 heavy (non-hydrogen) atoms. The number of aliphatic hydroxyl groups is 1. The number of halogens is 1. The van der Waals surface area contributed by atoms with Crippen LogP contribution < -0.4 is 0 Å². The number of aliphatic carboxylic acids is 1. The highest BCUT2D eigenvalue weighted by molar-refractivity contribution is 8.77. The van der Waals surface area contributed by atoms with Crippen molar-refractivity contribution in [1.29, 1.82) is 0 Å². The molecule has 0 amide bonds. The molecule has 0 aliphatic carbocycles. The number of nitrogens with one attached hydrogen (secondary N) is 1. The Morgan fingerprint density at radius 2 is 1.90 bits per heavy atom. The number of hydrogen-bond donors (Lipinski definition) is 3. The van der Waals surface area contributed by atoms with E-state index in [1.165, 1.54) is 18.6 Å². The number of aliphatic hydroxyl groups excluding tert-OH is 1. The fourth-order valence-electron chi connectivity index (χ4n) is 4.76. The summed E-state index contributed by atoms with van der Waals surface area (Å²) in [4.78, 5) is 14.7. The van der Waals surface area contributed by atoms with Crippen molar-refractivity contribution in [2.75, 3.05) is 5.75 Å². The maximum absolute atomic E-state index is 10.2. The van der Waals surface area contributed by atoms with Crippen molar-refractivity contribution in [2.24, 2.45) is 0 Å². The number of nitrogens with zero attached hydrogens (tertiary/aromatic N) is 5. The summed E-state index contributed by atoms with van der Waals surface area (Å²) in [5.74, 6) is 2.09. The van der Waals surface area contributed by atoms with Crippen molar-refractivity contribution < 1.29 is 15.0 Å². The molecule has 0 bridgehead atoms. The van der Waals surface area contributed by atoms with Gasteiger partial charge >= 0.3 is 5.97 Å². The minimum absolute atomic E-state index is 0.131. The smallest absolute Gasteiger partial charge is 0.303 e. The number of carbonyl (C=O) groups is 1. The van der Waals surface area contributed by atoms with Gasteiger partial charge in [0.05, 0.1) is 12.3 Å². The Morgan fingerprint density at radius 3 is 2.55 bits per heavy atom. The number of hydrogen-bond acceptors (Lipinski definition) is 8. The number of H-pyrrole nitrogens is 1. The Hall–Kier alpha value is -2.86. The molecule has 3 N–H and O–H groups in total. The molecule has 3 heterocycles. The molecule has 9 nitrogen and oxygen atoms in total. The zero-order chi connectivity index (χ0) is 29.7. The lowest BCUT2D eigenvalue weighted by Gasteiger charge is -2.12. The number of tetrazole rings is 1. The van der Waals surface area contributed by atoms with Crippen molar-refractivity contribution in [3.05, 3.63) is 70.8 Å². The minimum atomic E-state index is -0.663. The Morgan fingerprint density at radius 1 is 1.12 bits per heavy atom. The summed E-state index contributed by atoms with van der Waals surface area (Å²) < 4.78 is 2.03. The van der Waals surface area contributed by atoms with Crippen LogP contribution in [0, 0.1) is 0 Å². The summed E-state index contributed by atoms with van der Waals surface area (Å²) >= 11 is 6.26. The molecule has 1 unspecified atom stereocenters. The van der Waals surface area contributed by atoms with Crippen molar-refractivity contribution >= 4 is 39.2 Å². The van der Waals surface area contributed by atoms with Crippen molar-refractivity contribution in [3.8, 4) is 22.5 Å². The van der Waals surface area contributed by atoms with Gasteiger partial charge in [0.1, 0.15) is 5.82 Å². The number of carboxylic acid groups (broad SMARTS) is 1. The number of imidazole rings is 1. The van der Waals surface area contributed by atoms with Gasteiger partial charge in [0, 0.05) is 36.0 Å². The molecule has 1 atom stereocenters. The van der Waals surface area contributed by atoms with Gasteiger partial charge in [-0.05, 0) is 47.6 Å². The van der Waals surface area contributed by atoms with Crippen LogP contribution in [-0.4, -0.2) is 57.4 Å². The van der Waals surface area contributed by atoms with E-state index < -0.39 is 5.97 Å². The number of aromatic nitrogens is 6. The number of unbranched alkanes of at least 4 members (excludes halogenated alkanes) is 2. The van der Waals surface area contributed by atoms with Gasteiger partial charge in [0.2, 0.25) is 5.82 Å². The molecule has 1 aliphatic rings. The summed E-state index contributed by atoms with van der Waals surface area (Å²) in [6.45, 7) is 2.63. The quantitative estimate of drug-likeness (QED) is 0.105. The minimum Gasteiger partial charge on any atom is -0.481 e. The molecule has 1 fully saturated rings. The van der Waals surface area contributed by atoms with Crippen LogP contribution >= 0.6 is 33.2 Å². The average Bonchev–Trinajstić information content (AvgIpc) is 3.78. The first kappa shape index (κ1) is 32.1. The molecular formula is C30H37ClN6O3S2. The molecule has 4 aromatic rings. The molecule has 224 valence electrons. The standard InChI is InChI=1S/C22H23ClN6O.C8H14O2S2/c1-2-3-8-20-24-21(23)19(14-30)29(20)13-15-9-11-16(12-10-15)17-6-4-5-7-18(17)22-25-27-28-26-22;9-8(10)4-2-1-3-7-5-6-11-12-7/h4-7,9-12,30H,2-3,8,13-14H2,1H3,(H,25,26,27,28);7H,1-6H2,(H,9,10). The molecule has 2 aromatic carbocycles. The van der Waals surface area contributed by atoms with Crippen LogP contribution in [0.1, 0.15) is 69.0 Å². The number of benzene rings is 2. The van der Waals surface area contributed by atoms with Gasteiger partial charge < -0.3 is 14.8 Å². The van der Waals surface area contributed by atoms with Gasteiger partial charge in [-0.2, -0.15) is 5.21 Å². The van der Waals surface area contributed by atoms with Gasteiger partial charge in [-0.25, -0.2) is 4.98 Å². The van der Waals surface area contributed by atoms with E-state index >= 15 is 0 Å². The van der Waals surface area contributed by atoms with E-state index in [9.17, 15) is 9.90 Å². The summed E-state index contributed by atoms with van der Waals surface area (Å²) in [6.07, 6.45) is 7.71. The van der Waals surface area contributed by atoms with Crippen LogP contribution in [0.5, 0.6) is 0 Å². The predicted octanol–water partition coefficient (Wildman–Crippen LogP) is 7.05. The third-order valence-corrected chi connectivity index (χ3v) is 10.3. The van der Waals surface area contributed by atoms with E-state index in [2.05, 4.69) is 56.8 Å². The Labute approximate surface area is 259 Å². The molecule has 1 saturated heterocycles. The lowest BCUT2D eigenvalue weighted by molar-refractivity contribution is -0.137. The number of aromatic amines is 1. The van der Waals surface area contributed by atoms with E-state index in [-0.39, 0.29) is 6.61 Å². The van der Waals surface area contributed by atoms with E-state index in [0.717, 1.165) is 65.4 Å². The van der Waals surface area contributed by atoms with Crippen LogP contribution in [0.15, 0.2) is 48.5 Å². The summed E-state index contributed by atoms with van der Waals surface area (Å²) in [5, 5.41) is 33.7. The molecule has 12 heteroatoms. The van der Waals surface area contributed by atoms with Gasteiger partial charge in [-0.1, -0.05) is 101 Å². The predicted molar refractivity (Wildman–Crippen MR) is 170 cm³/mol. The molecule has 0 spiro atoms. The molecule has 5 rings (SSSR count). The van der Waals surface area contributed by atoms with Crippen LogP contribution in [0.2, 0.25) is 5.15 Å². The van der Waals surface area contributed by atoms with Gasteiger partial charge in [-0.15, -0.1) is 10.2 Å². The Bertz CT molecular complexity index is 1390. The average molecular weight is 629 g/mol. The molecular weight excluding hydrogens is 592 g/mol. The summed E-state index contributed by atoms with van der Waals surface area (Å²) in [5.41, 5.74) is 4.80. The maximum atomic E-state index is 10.2. The normalized spacial score (nSPS) is 14.5. The fraction of sp³-hybridized carbons (Fsp3) is 0.433. The van der Waals surface area contributed by atoms with Gasteiger partial charge in [-0.3, -0.25) is 4.79 Å². The second-order valence-corrected chi connectivity index (χ2v) is 13.2. The fourth-order valence-corrected chi connectivity index (χ4v) is 8.05. The number of carboxylic acids is 1. The van der Waals surface area contributed by atoms with Crippen molar-refractivity contribution in [1.82, 2.24) is 30.2 Å².